The molecule has 0 radical (unpaired) electrons. The Balaban J connectivity index is 1.42. The fraction of sp³-hybridized carbons (Fsp3) is 0.0435. The van der Waals surface area contributed by atoms with Gasteiger partial charge in [-0.3, -0.25) is 9.97 Å². The summed E-state index contributed by atoms with van der Waals surface area (Å²) in [6.07, 6.45) is 5.24. The lowest BCUT2D eigenvalue weighted by Gasteiger charge is -2.10. The summed E-state index contributed by atoms with van der Waals surface area (Å²) in [7, 11) is 0. The third kappa shape index (κ3) is 4.32. The Morgan fingerprint density at radius 1 is 0.893 bits per heavy atom. The van der Waals surface area contributed by atoms with Gasteiger partial charge in [0.15, 0.2) is 11.6 Å². The molecule has 0 aliphatic heterocycles. The number of benzene rings is 2. The van der Waals surface area contributed by atoms with Crippen LogP contribution in [0.4, 0.5) is 10.1 Å². The van der Waals surface area contributed by atoms with Gasteiger partial charge >= 0.3 is 0 Å². The van der Waals surface area contributed by atoms with E-state index in [4.69, 9.17) is 4.74 Å². The molecule has 138 valence electrons. The fourth-order valence-electron chi connectivity index (χ4n) is 2.75. The normalized spacial score (nSPS) is 10.5. The van der Waals surface area contributed by atoms with E-state index in [0.717, 1.165) is 16.8 Å². The number of halogens is 1. The van der Waals surface area contributed by atoms with E-state index in [2.05, 4.69) is 15.3 Å². The van der Waals surface area contributed by atoms with Gasteiger partial charge in [0.2, 0.25) is 0 Å². The molecule has 0 bridgehead atoms. The summed E-state index contributed by atoms with van der Waals surface area (Å²) in [4.78, 5) is 8.38. The summed E-state index contributed by atoms with van der Waals surface area (Å²) in [5, 5.41) is 3.18. The van der Waals surface area contributed by atoms with E-state index in [-0.39, 0.29) is 5.75 Å². The topological polar surface area (TPSA) is 47.0 Å². The highest BCUT2D eigenvalue weighted by Crippen LogP contribution is 2.28. The Labute approximate surface area is 162 Å². The maximum Gasteiger partial charge on any atom is 0.167 e. The zero-order valence-corrected chi connectivity index (χ0v) is 15.0. The van der Waals surface area contributed by atoms with Crippen LogP contribution in [-0.4, -0.2) is 9.97 Å². The van der Waals surface area contributed by atoms with Crippen LogP contribution in [0.3, 0.4) is 0 Å². The predicted octanol–water partition coefficient (Wildman–Crippen LogP) is 5.69. The van der Waals surface area contributed by atoms with Crippen molar-refractivity contribution in [3.05, 3.63) is 103 Å². The Bertz CT molecular complexity index is 1040. The van der Waals surface area contributed by atoms with Gasteiger partial charge in [-0.1, -0.05) is 12.1 Å². The van der Waals surface area contributed by atoms with Crippen LogP contribution >= 0.6 is 0 Å². The molecule has 0 aliphatic carbocycles. The Kier molecular flexibility index (Phi) is 5.24. The third-order valence-corrected chi connectivity index (χ3v) is 4.19. The molecular weight excluding hydrogens is 353 g/mol. The summed E-state index contributed by atoms with van der Waals surface area (Å²) in [5.74, 6) is 0.317. The number of nitrogens with zero attached hydrogens (tertiary/aromatic N) is 2. The van der Waals surface area contributed by atoms with E-state index < -0.39 is 5.82 Å². The van der Waals surface area contributed by atoms with Crippen molar-refractivity contribution in [3.8, 4) is 22.8 Å². The number of nitrogens with one attached hydrogen (secondary N) is 1. The SMILES string of the molecule is Fc1cc(NCc2cccnc2)ccc1Oc1ccc(-c2ccccn2)cc1. The molecule has 0 unspecified atom stereocenters. The molecule has 0 saturated carbocycles. The van der Waals surface area contributed by atoms with Gasteiger partial charge in [-0.05, 0) is 60.2 Å². The van der Waals surface area contributed by atoms with E-state index in [0.29, 0.717) is 18.0 Å². The molecule has 4 aromatic rings. The molecule has 2 aromatic carbocycles. The van der Waals surface area contributed by atoms with Crippen LogP contribution in [-0.2, 0) is 6.54 Å². The van der Waals surface area contributed by atoms with Gasteiger partial charge in [-0.2, -0.15) is 0 Å². The lowest BCUT2D eigenvalue weighted by Crippen LogP contribution is -2.00. The highest BCUT2D eigenvalue weighted by atomic mass is 19.1. The maximum atomic E-state index is 14.4. The summed E-state index contributed by atoms with van der Waals surface area (Å²) in [6, 6.07) is 21.8. The molecule has 4 rings (SSSR count). The molecule has 4 nitrogen and oxygen atoms in total. The van der Waals surface area contributed by atoms with Gasteiger partial charge in [-0.15, -0.1) is 0 Å². The van der Waals surface area contributed by atoms with Crippen LogP contribution in [0.15, 0.2) is 91.4 Å². The van der Waals surface area contributed by atoms with Crippen LogP contribution < -0.4 is 10.1 Å². The molecule has 0 atom stereocenters. The molecule has 5 heteroatoms. The lowest BCUT2D eigenvalue weighted by molar-refractivity contribution is 0.442. The number of rotatable bonds is 6. The fourth-order valence-corrected chi connectivity index (χ4v) is 2.75. The number of hydrogen-bond donors (Lipinski definition) is 1. The standard InChI is InChI=1S/C23H18FN3O/c24-21-14-19(27-16-17-4-3-12-25-15-17)8-11-23(21)28-20-9-6-18(7-10-20)22-5-1-2-13-26-22/h1-15,27H,16H2. The summed E-state index contributed by atoms with van der Waals surface area (Å²) >= 11 is 0. The molecule has 0 spiro atoms. The maximum absolute atomic E-state index is 14.4. The smallest absolute Gasteiger partial charge is 0.167 e. The van der Waals surface area contributed by atoms with E-state index in [9.17, 15) is 4.39 Å². The average molecular weight is 371 g/mol. The van der Waals surface area contributed by atoms with Crippen molar-refractivity contribution >= 4 is 5.69 Å². The molecular formula is C23H18FN3O. The highest BCUT2D eigenvalue weighted by molar-refractivity contribution is 5.60. The largest absolute Gasteiger partial charge is 0.454 e. The molecule has 2 heterocycles. The quantitative estimate of drug-likeness (QED) is 0.473. The van der Waals surface area contributed by atoms with Crippen molar-refractivity contribution in [2.24, 2.45) is 0 Å². The van der Waals surface area contributed by atoms with E-state index in [1.807, 2.05) is 42.5 Å². The van der Waals surface area contributed by atoms with Crippen molar-refractivity contribution < 1.29 is 9.13 Å². The first-order valence-electron chi connectivity index (χ1n) is 8.89. The molecule has 0 fully saturated rings. The number of ether oxygens (including phenoxy) is 1. The van der Waals surface area contributed by atoms with E-state index >= 15 is 0 Å². The van der Waals surface area contributed by atoms with Gasteiger partial charge in [0.25, 0.3) is 0 Å². The minimum atomic E-state index is -0.426. The summed E-state index contributed by atoms with van der Waals surface area (Å²) in [6.45, 7) is 0.572. The van der Waals surface area contributed by atoms with Crippen molar-refractivity contribution in [2.75, 3.05) is 5.32 Å². The first-order chi connectivity index (χ1) is 13.8. The minimum absolute atomic E-state index is 0.178. The van der Waals surface area contributed by atoms with Gasteiger partial charge in [-0.25, -0.2) is 4.39 Å². The second-order valence-corrected chi connectivity index (χ2v) is 6.20. The zero-order valence-electron chi connectivity index (χ0n) is 15.0. The summed E-state index contributed by atoms with van der Waals surface area (Å²) in [5.41, 5.74) is 3.56. The Morgan fingerprint density at radius 2 is 1.79 bits per heavy atom. The van der Waals surface area contributed by atoms with Crippen LogP contribution in [0.25, 0.3) is 11.3 Å². The molecule has 0 saturated heterocycles. The van der Waals surface area contributed by atoms with Crippen molar-refractivity contribution in [2.45, 2.75) is 6.54 Å². The van der Waals surface area contributed by atoms with Crippen molar-refractivity contribution in [1.29, 1.82) is 0 Å². The predicted molar refractivity (Wildman–Crippen MR) is 108 cm³/mol. The van der Waals surface area contributed by atoms with Gasteiger partial charge < -0.3 is 10.1 Å². The highest BCUT2D eigenvalue weighted by Gasteiger charge is 2.07. The number of pyridine rings is 2. The molecule has 0 amide bonds. The van der Waals surface area contributed by atoms with Gasteiger partial charge in [0, 0.05) is 42.5 Å². The van der Waals surface area contributed by atoms with Crippen LogP contribution in [0.5, 0.6) is 11.5 Å². The van der Waals surface area contributed by atoms with Crippen LogP contribution in [0, 0.1) is 5.82 Å². The third-order valence-electron chi connectivity index (χ3n) is 4.19. The zero-order chi connectivity index (χ0) is 19.2. The van der Waals surface area contributed by atoms with Gasteiger partial charge in [0.1, 0.15) is 5.75 Å². The van der Waals surface area contributed by atoms with E-state index in [1.165, 1.54) is 6.07 Å². The summed E-state index contributed by atoms with van der Waals surface area (Å²) < 4.78 is 20.1. The van der Waals surface area contributed by atoms with Crippen LogP contribution in [0.2, 0.25) is 0 Å². The molecule has 28 heavy (non-hydrogen) atoms. The van der Waals surface area contributed by atoms with Crippen molar-refractivity contribution in [1.82, 2.24) is 9.97 Å². The average Bonchev–Trinajstić information content (AvgIpc) is 2.76. The number of anilines is 1. The monoisotopic (exact) mass is 371 g/mol. The Morgan fingerprint density at radius 3 is 2.50 bits per heavy atom. The second-order valence-electron chi connectivity index (χ2n) is 6.20. The lowest BCUT2D eigenvalue weighted by atomic mass is 10.1. The van der Waals surface area contributed by atoms with E-state index in [1.54, 1.807) is 42.9 Å². The van der Waals surface area contributed by atoms with Crippen LogP contribution in [0.1, 0.15) is 5.56 Å². The molecule has 2 aromatic heterocycles. The molecule has 1 N–H and O–H groups in total. The Hall–Kier alpha value is -3.73. The first kappa shape index (κ1) is 17.7. The minimum Gasteiger partial charge on any atom is -0.454 e. The van der Waals surface area contributed by atoms with Crippen molar-refractivity contribution in [3.63, 3.8) is 0 Å². The number of aromatic nitrogens is 2. The van der Waals surface area contributed by atoms with Gasteiger partial charge in [0.05, 0.1) is 5.69 Å². The first-order valence-corrected chi connectivity index (χ1v) is 8.89. The second kappa shape index (κ2) is 8.31. The molecule has 0 aliphatic rings. The number of hydrogen-bond acceptors (Lipinski definition) is 4.